The maximum Gasteiger partial charge on any atom is 0.261 e. The van der Waals surface area contributed by atoms with Crippen LogP contribution in [0.25, 0.3) is 0 Å². The first-order valence-electron chi connectivity index (χ1n) is 4.60. The summed E-state index contributed by atoms with van der Waals surface area (Å²) in [6.45, 7) is 0. The molecule has 2 rings (SSSR count). The van der Waals surface area contributed by atoms with Crippen LogP contribution in [-0.2, 0) is 26.6 Å². The first-order chi connectivity index (χ1) is 7.00. The SMILES string of the molecule is COC1Cc2ccc(S(=O)(=O)Cl)cc2C1. The fourth-order valence-electron chi connectivity index (χ4n) is 1.87. The third-order valence-electron chi connectivity index (χ3n) is 2.69. The van der Waals surface area contributed by atoms with Gasteiger partial charge in [-0.1, -0.05) is 6.07 Å². The number of hydrogen-bond donors (Lipinski definition) is 0. The molecule has 3 nitrogen and oxygen atoms in total. The number of ether oxygens (including phenoxy) is 1. The summed E-state index contributed by atoms with van der Waals surface area (Å²) in [5.74, 6) is 0. The molecular weight excluding hydrogens is 236 g/mol. The van der Waals surface area contributed by atoms with Crippen LogP contribution in [-0.4, -0.2) is 21.6 Å². The van der Waals surface area contributed by atoms with E-state index in [4.69, 9.17) is 15.4 Å². The Bertz CT molecular complexity index is 481. The average molecular weight is 247 g/mol. The highest BCUT2D eigenvalue weighted by Crippen LogP contribution is 2.27. The van der Waals surface area contributed by atoms with Gasteiger partial charge in [0.05, 0.1) is 11.0 Å². The Hall–Kier alpha value is -0.580. The van der Waals surface area contributed by atoms with E-state index in [0.29, 0.717) is 0 Å². The molecule has 0 heterocycles. The van der Waals surface area contributed by atoms with Crippen molar-refractivity contribution in [2.75, 3.05) is 7.11 Å². The van der Waals surface area contributed by atoms with E-state index in [9.17, 15) is 8.42 Å². The number of methoxy groups -OCH3 is 1. The number of benzene rings is 1. The summed E-state index contributed by atoms with van der Waals surface area (Å²) >= 11 is 0. The van der Waals surface area contributed by atoms with Crippen LogP contribution >= 0.6 is 10.7 Å². The van der Waals surface area contributed by atoms with Gasteiger partial charge in [0.2, 0.25) is 0 Å². The van der Waals surface area contributed by atoms with Crippen molar-refractivity contribution in [2.24, 2.45) is 0 Å². The Labute approximate surface area is 93.4 Å². The Balaban J connectivity index is 2.39. The molecule has 0 fully saturated rings. The molecule has 5 heteroatoms. The standard InChI is InChI=1S/C10H11ClO3S/c1-14-9-4-7-2-3-10(15(11,12)13)6-8(7)5-9/h2-3,6,9H,4-5H2,1H3. The monoisotopic (exact) mass is 246 g/mol. The second-order valence-corrected chi connectivity index (χ2v) is 6.20. The summed E-state index contributed by atoms with van der Waals surface area (Å²) in [5, 5.41) is 0. The van der Waals surface area contributed by atoms with Crippen molar-refractivity contribution in [3.63, 3.8) is 0 Å². The highest BCUT2D eigenvalue weighted by atomic mass is 35.7. The van der Waals surface area contributed by atoms with Gasteiger partial charge in [-0.3, -0.25) is 0 Å². The summed E-state index contributed by atoms with van der Waals surface area (Å²) in [6.07, 6.45) is 1.76. The van der Waals surface area contributed by atoms with Gasteiger partial charge in [0.25, 0.3) is 9.05 Å². The predicted octanol–water partition coefficient (Wildman–Crippen LogP) is 1.73. The van der Waals surface area contributed by atoms with E-state index in [1.54, 1.807) is 19.2 Å². The van der Waals surface area contributed by atoms with Crippen LogP contribution in [0.2, 0.25) is 0 Å². The van der Waals surface area contributed by atoms with Crippen LogP contribution < -0.4 is 0 Å². The van der Waals surface area contributed by atoms with Crippen molar-refractivity contribution in [1.82, 2.24) is 0 Å². The van der Waals surface area contributed by atoms with Gasteiger partial charge in [0.15, 0.2) is 0 Å². The molecule has 15 heavy (non-hydrogen) atoms. The van der Waals surface area contributed by atoms with Crippen molar-refractivity contribution < 1.29 is 13.2 Å². The molecular formula is C10H11ClO3S. The highest BCUT2D eigenvalue weighted by molar-refractivity contribution is 8.13. The topological polar surface area (TPSA) is 43.4 Å². The van der Waals surface area contributed by atoms with Crippen LogP contribution in [0, 0.1) is 0 Å². The molecule has 0 aromatic heterocycles. The van der Waals surface area contributed by atoms with Crippen molar-refractivity contribution in [2.45, 2.75) is 23.8 Å². The average Bonchev–Trinajstić information content (AvgIpc) is 2.57. The normalized spacial score (nSPS) is 20.3. The molecule has 0 saturated heterocycles. The third kappa shape index (κ3) is 2.17. The van der Waals surface area contributed by atoms with Gasteiger partial charge in [-0.15, -0.1) is 0 Å². The van der Waals surface area contributed by atoms with Gasteiger partial charge in [0.1, 0.15) is 0 Å². The molecule has 1 aromatic rings. The van der Waals surface area contributed by atoms with Crippen LogP contribution in [0.15, 0.2) is 23.1 Å². The lowest BCUT2D eigenvalue weighted by Gasteiger charge is -2.03. The molecule has 0 amide bonds. The van der Waals surface area contributed by atoms with E-state index >= 15 is 0 Å². The van der Waals surface area contributed by atoms with E-state index in [-0.39, 0.29) is 11.0 Å². The predicted molar refractivity (Wildman–Crippen MR) is 57.7 cm³/mol. The molecule has 0 radical (unpaired) electrons. The minimum Gasteiger partial charge on any atom is -0.381 e. The van der Waals surface area contributed by atoms with E-state index in [1.807, 2.05) is 6.07 Å². The Morgan fingerprint density at radius 2 is 2.00 bits per heavy atom. The van der Waals surface area contributed by atoms with Gasteiger partial charge in [-0.05, 0) is 36.1 Å². The van der Waals surface area contributed by atoms with Crippen LogP contribution in [0.3, 0.4) is 0 Å². The van der Waals surface area contributed by atoms with Crippen LogP contribution in [0.4, 0.5) is 0 Å². The van der Waals surface area contributed by atoms with E-state index < -0.39 is 9.05 Å². The van der Waals surface area contributed by atoms with Gasteiger partial charge in [-0.2, -0.15) is 0 Å². The van der Waals surface area contributed by atoms with Gasteiger partial charge in [-0.25, -0.2) is 8.42 Å². The fraction of sp³-hybridized carbons (Fsp3) is 0.400. The van der Waals surface area contributed by atoms with Crippen molar-refractivity contribution in [3.05, 3.63) is 29.3 Å². The van der Waals surface area contributed by atoms with Gasteiger partial charge < -0.3 is 4.74 Å². The molecule has 0 N–H and O–H groups in total. The zero-order chi connectivity index (χ0) is 11.1. The molecule has 1 aliphatic rings. The minimum absolute atomic E-state index is 0.160. The van der Waals surface area contributed by atoms with Crippen LogP contribution in [0.5, 0.6) is 0 Å². The molecule has 82 valence electrons. The zero-order valence-electron chi connectivity index (χ0n) is 8.23. The van der Waals surface area contributed by atoms with Crippen LogP contribution in [0.1, 0.15) is 11.1 Å². The highest BCUT2D eigenvalue weighted by Gasteiger charge is 2.22. The Morgan fingerprint density at radius 3 is 2.60 bits per heavy atom. The minimum atomic E-state index is -3.62. The summed E-state index contributed by atoms with van der Waals surface area (Å²) in [6, 6.07) is 4.99. The lowest BCUT2D eigenvalue weighted by atomic mass is 10.1. The second-order valence-electron chi connectivity index (χ2n) is 3.63. The number of halogens is 1. The van der Waals surface area contributed by atoms with Crippen molar-refractivity contribution in [3.8, 4) is 0 Å². The van der Waals surface area contributed by atoms with Gasteiger partial charge in [0, 0.05) is 17.8 Å². The quantitative estimate of drug-likeness (QED) is 0.747. The summed E-state index contributed by atoms with van der Waals surface area (Å²) in [7, 11) is 3.32. The largest absolute Gasteiger partial charge is 0.381 e. The van der Waals surface area contributed by atoms with Crippen molar-refractivity contribution >= 4 is 19.7 Å². The fourth-order valence-corrected chi connectivity index (χ4v) is 2.67. The number of hydrogen-bond acceptors (Lipinski definition) is 3. The zero-order valence-corrected chi connectivity index (χ0v) is 9.81. The lowest BCUT2D eigenvalue weighted by Crippen LogP contribution is -2.08. The molecule has 1 atom stereocenters. The molecule has 1 aromatic carbocycles. The second kappa shape index (κ2) is 3.77. The molecule has 1 unspecified atom stereocenters. The van der Waals surface area contributed by atoms with E-state index in [0.717, 1.165) is 24.0 Å². The maximum absolute atomic E-state index is 11.1. The Kier molecular flexibility index (Phi) is 2.75. The first-order valence-corrected chi connectivity index (χ1v) is 6.91. The van der Waals surface area contributed by atoms with Crippen molar-refractivity contribution in [1.29, 1.82) is 0 Å². The molecule has 0 saturated carbocycles. The number of fused-ring (bicyclic) bond motifs is 1. The van der Waals surface area contributed by atoms with E-state index in [2.05, 4.69) is 0 Å². The molecule has 0 spiro atoms. The van der Waals surface area contributed by atoms with Gasteiger partial charge >= 0.3 is 0 Å². The molecule has 0 aliphatic heterocycles. The summed E-state index contributed by atoms with van der Waals surface area (Å²) in [5.41, 5.74) is 2.16. The smallest absolute Gasteiger partial charge is 0.261 e. The van der Waals surface area contributed by atoms with E-state index in [1.165, 1.54) is 0 Å². The lowest BCUT2D eigenvalue weighted by molar-refractivity contribution is 0.112. The Morgan fingerprint density at radius 1 is 1.33 bits per heavy atom. The molecule has 1 aliphatic carbocycles. The first kappa shape index (κ1) is 10.9. The number of rotatable bonds is 2. The molecule has 0 bridgehead atoms. The summed E-state index contributed by atoms with van der Waals surface area (Å²) < 4.78 is 27.5. The summed E-state index contributed by atoms with van der Waals surface area (Å²) in [4.78, 5) is 0.166. The maximum atomic E-state index is 11.1. The third-order valence-corrected chi connectivity index (χ3v) is 4.04.